The number of rotatable bonds is 5. The van der Waals surface area contributed by atoms with Crippen molar-refractivity contribution in [2.75, 3.05) is 26.7 Å². The van der Waals surface area contributed by atoms with E-state index in [1.54, 1.807) is 0 Å². The molecule has 1 aliphatic rings. The summed E-state index contributed by atoms with van der Waals surface area (Å²) >= 11 is 0. The van der Waals surface area contributed by atoms with E-state index in [1.807, 2.05) is 0 Å². The number of aryl methyl sites for hydroxylation is 2. The second-order valence-corrected chi connectivity index (χ2v) is 6.34. The normalized spacial score (nSPS) is 25.0. The second-order valence-electron chi connectivity index (χ2n) is 6.34. The molecule has 3 atom stereocenters. The highest BCUT2D eigenvalue weighted by atomic mass is 16.5. The Morgan fingerprint density at radius 1 is 1.33 bits per heavy atom. The molecule has 1 aromatic carbocycles. The van der Waals surface area contributed by atoms with Crippen LogP contribution in [0.3, 0.4) is 0 Å². The van der Waals surface area contributed by atoms with Gasteiger partial charge in [-0.3, -0.25) is 4.90 Å². The summed E-state index contributed by atoms with van der Waals surface area (Å²) in [6, 6.07) is 7.73. The van der Waals surface area contributed by atoms with Crippen LogP contribution in [-0.4, -0.2) is 43.8 Å². The van der Waals surface area contributed by atoms with Crippen LogP contribution in [0.4, 0.5) is 0 Å². The van der Waals surface area contributed by atoms with Gasteiger partial charge in [0.15, 0.2) is 0 Å². The Morgan fingerprint density at radius 2 is 2.10 bits per heavy atom. The summed E-state index contributed by atoms with van der Waals surface area (Å²) in [5.74, 6) is 0. The van der Waals surface area contributed by atoms with Crippen LogP contribution in [0.25, 0.3) is 0 Å². The fraction of sp³-hybridized carbons (Fsp3) is 0.667. The van der Waals surface area contributed by atoms with Gasteiger partial charge in [-0.25, -0.2) is 0 Å². The largest absolute Gasteiger partial charge is 0.376 e. The van der Waals surface area contributed by atoms with Crippen LogP contribution in [0, 0.1) is 13.8 Å². The quantitative estimate of drug-likeness (QED) is 0.902. The molecule has 21 heavy (non-hydrogen) atoms. The van der Waals surface area contributed by atoms with Gasteiger partial charge in [-0.15, -0.1) is 0 Å². The molecular formula is C18H30N2O. The molecule has 2 rings (SSSR count). The molecule has 1 aromatic rings. The number of hydrogen-bond donors (Lipinski definition) is 1. The Hall–Kier alpha value is -0.900. The van der Waals surface area contributed by atoms with Crippen LogP contribution in [0.2, 0.25) is 0 Å². The summed E-state index contributed by atoms with van der Waals surface area (Å²) in [6.45, 7) is 11.7. The zero-order valence-corrected chi connectivity index (χ0v) is 14.1. The lowest BCUT2D eigenvalue weighted by Crippen LogP contribution is -2.50. The van der Waals surface area contributed by atoms with Gasteiger partial charge >= 0.3 is 0 Å². The Bertz CT molecular complexity index is 461. The minimum atomic E-state index is 0.338. The van der Waals surface area contributed by atoms with Crippen LogP contribution < -0.4 is 5.32 Å². The highest BCUT2D eigenvalue weighted by Gasteiger charge is 2.27. The van der Waals surface area contributed by atoms with Crippen LogP contribution in [0.1, 0.15) is 43.0 Å². The highest BCUT2D eigenvalue weighted by Crippen LogP contribution is 2.22. The van der Waals surface area contributed by atoms with E-state index >= 15 is 0 Å². The van der Waals surface area contributed by atoms with E-state index in [0.29, 0.717) is 18.2 Å². The number of likely N-dealkylation sites (N-methyl/N-ethyl adjacent to an activating group) is 1. The van der Waals surface area contributed by atoms with E-state index in [2.05, 4.69) is 63.2 Å². The zero-order valence-electron chi connectivity index (χ0n) is 14.1. The average molecular weight is 290 g/mol. The first-order chi connectivity index (χ1) is 10.0. The third-order valence-electron chi connectivity index (χ3n) is 4.75. The molecule has 3 unspecified atom stereocenters. The molecule has 1 aliphatic heterocycles. The molecule has 3 nitrogen and oxygen atoms in total. The molecule has 118 valence electrons. The number of nitrogens with zero attached hydrogens (tertiary/aromatic N) is 1. The van der Waals surface area contributed by atoms with Gasteiger partial charge in [0.25, 0.3) is 0 Å². The second kappa shape index (κ2) is 7.39. The molecule has 0 aliphatic carbocycles. The summed E-state index contributed by atoms with van der Waals surface area (Å²) in [6.07, 6.45) is 1.49. The maximum atomic E-state index is 5.81. The molecule has 0 amide bonds. The minimum Gasteiger partial charge on any atom is -0.376 e. The molecular weight excluding hydrogens is 260 g/mol. The van der Waals surface area contributed by atoms with Gasteiger partial charge in [-0.2, -0.15) is 0 Å². The van der Waals surface area contributed by atoms with Crippen LogP contribution in [0.15, 0.2) is 18.2 Å². The zero-order chi connectivity index (χ0) is 15.4. The van der Waals surface area contributed by atoms with Crippen molar-refractivity contribution in [3.05, 3.63) is 34.9 Å². The molecule has 0 saturated carbocycles. The minimum absolute atomic E-state index is 0.338. The Balaban J connectivity index is 2.11. The molecule has 1 heterocycles. The average Bonchev–Trinajstić information content (AvgIpc) is 2.48. The summed E-state index contributed by atoms with van der Waals surface area (Å²) in [5, 5.41) is 3.49. The van der Waals surface area contributed by atoms with Gasteiger partial charge in [0.1, 0.15) is 0 Å². The van der Waals surface area contributed by atoms with Gasteiger partial charge in [-0.05, 0) is 50.9 Å². The topological polar surface area (TPSA) is 24.5 Å². The molecule has 0 bridgehead atoms. The molecule has 3 heteroatoms. The first-order valence-electron chi connectivity index (χ1n) is 8.15. The lowest BCUT2D eigenvalue weighted by atomic mass is 9.99. The van der Waals surface area contributed by atoms with Gasteiger partial charge in [0, 0.05) is 25.2 Å². The van der Waals surface area contributed by atoms with Crippen molar-refractivity contribution in [1.82, 2.24) is 10.2 Å². The van der Waals surface area contributed by atoms with E-state index < -0.39 is 0 Å². The molecule has 1 fully saturated rings. The van der Waals surface area contributed by atoms with Gasteiger partial charge in [-0.1, -0.05) is 25.1 Å². The monoisotopic (exact) mass is 290 g/mol. The first kappa shape index (κ1) is 16.5. The third-order valence-corrected chi connectivity index (χ3v) is 4.75. The molecule has 1 N–H and O–H groups in total. The van der Waals surface area contributed by atoms with E-state index in [-0.39, 0.29) is 0 Å². The van der Waals surface area contributed by atoms with Gasteiger partial charge < -0.3 is 10.1 Å². The summed E-state index contributed by atoms with van der Waals surface area (Å²) in [5.41, 5.74) is 4.12. The fourth-order valence-electron chi connectivity index (χ4n) is 3.09. The SMILES string of the molecule is CCC1COC(C)CN1CC(NC)c1ccc(C)c(C)c1. The van der Waals surface area contributed by atoms with Crippen molar-refractivity contribution < 1.29 is 4.74 Å². The lowest BCUT2D eigenvalue weighted by Gasteiger charge is -2.40. The van der Waals surface area contributed by atoms with Crippen LogP contribution in [0.5, 0.6) is 0 Å². The van der Waals surface area contributed by atoms with Crippen molar-refractivity contribution in [2.45, 2.75) is 52.3 Å². The van der Waals surface area contributed by atoms with E-state index in [9.17, 15) is 0 Å². The summed E-state index contributed by atoms with van der Waals surface area (Å²) in [7, 11) is 2.06. The van der Waals surface area contributed by atoms with Crippen molar-refractivity contribution in [1.29, 1.82) is 0 Å². The number of morpholine rings is 1. The standard InChI is InChI=1S/C18H30N2O/c1-6-17-12-21-15(4)10-20(17)11-18(19-5)16-8-7-13(2)14(3)9-16/h7-9,15,17-19H,6,10-12H2,1-5H3. The van der Waals surface area contributed by atoms with Crippen LogP contribution >= 0.6 is 0 Å². The predicted octanol–water partition coefficient (Wildman–Crippen LogP) is 3.06. The maximum absolute atomic E-state index is 5.81. The highest BCUT2D eigenvalue weighted by molar-refractivity contribution is 5.31. The van der Waals surface area contributed by atoms with Gasteiger partial charge in [0.2, 0.25) is 0 Å². The molecule has 0 aromatic heterocycles. The van der Waals surface area contributed by atoms with Crippen molar-refractivity contribution in [3.8, 4) is 0 Å². The van der Waals surface area contributed by atoms with E-state index in [4.69, 9.17) is 4.74 Å². The van der Waals surface area contributed by atoms with E-state index in [0.717, 1.165) is 26.1 Å². The number of ether oxygens (including phenoxy) is 1. The van der Waals surface area contributed by atoms with E-state index in [1.165, 1.54) is 16.7 Å². The number of nitrogens with one attached hydrogen (secondary N) is 1. The first-order valence-corrected chi connectivity index (χ1v) is 8.15. The van der Waals surface area contributed by atoms with Crippen LogP contribution in [-0.2, 0) is 4.74 Å². The fourth-order valence-corrected chi connectivity index (χ4v) is 3.09. The maximum Gasteiger partial charge on any atom is 0.0674 e. The molecule has 0 spiro atoms. The Morgan fingerprint density at radius 3 is 2.71 bits per heavy atom. The van der Waals surface area contributed by atoms with Crippen molar-refractivity contribution in [3.63, 3.8) is 0 Å². The van der Waals surface area contributed by atoms with Crippen molar-refractivity contribution in [2.24, 2.45) is 0 Å². The summed E-state index contributed by atoms with van der Waals surface area (Å²) < 4.78 is 5.81. The third kappa shape index (κ3) is 4.06. The summed E-state index contributed by atoms with van der Waals surface area (Å²) in [4.78, 5) is 2.59. The van der Waals surface area contributed by atoms with Gasteiger partial charge in [0.05, 0.1) is 12.7 Å². The smallest absolute Gasteiger partial charge is 0.0674 e. The molecule has 0 radical (unpaired) electrons. The Kier molecular flexibility index (Phi) is 5.80. The van der Waals surface area contributed by atoms with Crippen molar-refractivity contribution >= 4 is 0 Å². The lowest BCUT2D eigenvalue weighted by molar-refractivity contribution is -0.0584. The molecule has 1 saturated heterocycles. The number of benzene rings is 1. The number of hydrogen-bond acceptors (Lipinski definition) is 3. The Labute approximate surface area is 129 Å². The predicted molar refractivity (Wildman–Crippen MR) is 88.8 cm³/mol.